The van der Waals surface area contributed by atoms with Gasteiger partial charge in [-0.05, 0) is 26.3 Å². The molecule has 2 heteroatoms. The van der Waals surface area contributed by atoms with Gasteiger partial charge in [0.15, 0.2) is 5.78 Å². The largest absolute Gasteiger partial charge is 0.300 e. The van der Waals surface area contributed by atoms with Gasteiger partial charge in [0.1, 0.15) is 0 Å². The van der Waals surface area contributed by atoms with Crippen molar-refractivity contribution in [2.24, 2.45) is 5.92 Å². The molecule has 2 nitrogen and oxygen atoms in total. The molecule has 0 radical (unpaired) electrons. The molecule has 0 spiro atoms. The van der Waals surface area contributed by atoms with Crippen LogP contribution < -0.4 is 0 Å². The van der Waals surface area contributed by atoms with E-state index in [1.54, 1.807) is 0 Å². The molecule has 0 amide bonds. The summed E-state index contributed by atoms with van der Waals surface area (Å²) < 4.78 is 0. The van der Waals surface area contributed by atoms with Crippen molar-refractivity contribution in [1.29, 1.82) is 0 Å². The molecule has 1 aromatic carbocycles. The Morgan fingerprint density at radius 3 is 2.74 bits per heavy atom. The van der Waals surface area contributed by atoms with Gasteiger partial charge < -0.3 is 0 Å². The number of benzene rings is 1. The Balaban J connectivity index is 1.96. The smallest absolute Gasteiger partial charge is 0.166 e. The minimum Gasteiger partial charge on any atom is -0.300 e. The Labute approximate surface area is 116 Å². The van der Waals surface area contributed by atoms with Gasteiger partial charge in [-0.15, -0.1) is 0 Å². The first-order valence-electron chi connectivity index (χ1n) is 7.52. The fourth-order valence-electron chi connectivity index (χ4n) is 2.93. The Hall–Kier alpha value is -1.15. The van der Waals surface area contributed by atoms with E-state index in [0.29, 0.717) is 6.04 Å². The van der Waals surface area contributed by atoms with Gasteiger partial charge in [-0.3, -0.25) is 9.69 Å². The van der Waals surface area contributed by atoms with E-state index in [4.69, 9.17) is 0 Å². The topological polar surface area (TPSA) is 20.3 Å². The van der Waals surface area contributed by atoms with Crippen molar-refractivity contribution in [1.82, 2.24) is 4.90 Å². The van der Waals surface area contributed by atoms with Crippen LogP contribution in [0.15, 0.2) is 30.3 Å². The lowest BCUT2D eigenvalue weighted by molar-refractivity contribution is 0.0874. The lowest BCUT2D eigenvalue weighted by Gasteiger charge is -2.29. The summed E-state index contributed by atoms with van der Waals surface area (Å²) in [6.07, 6.45) is 5.21. The lowest BCUT2D eigenvalue weighted by atomic mass is 9.98. The maximum Gasteiger partial charge on any atom is 0.166 e. The molecule has 0 saturated carbocycles. The Bertz CT molecular complexity index is 401. The van der Waals surface area contributed by atoms with Crippen LogP contribution in [-0.2, 0) is 0 Å². The molecule has 1 fully saturated rings. The zero-order valence-electron chi connectivity index (χ0n) is 12.1. The molecule has 1 aliphatic rings. The normalized spacial score (nSPS) is 22.7. The number of ketones is 1. The van der Waals surface area contributed by atoms with E-state index in [-0.39, 0.29) is 11.7 Å². The second-order valence-electron chi connectivity index (χ2n) is 5.82. The van der Waals surface area contributed by atoms with Crippen molar-refractivity contribution in [3.63, 3.8) is 0 Å². The molecular formula is C17H25NO. The zero-order chi connectivity index (χ0) is 13.7. The second-order valence-corrected chi connectivity index (χ2v) is 5.82. The van der Waals surface area contributed by atoms with Crippen LogP contribution in [0.25, 0.3) is 0 Å². The molecule has 104 valence electrons. The molecule has 2 atom stereocenters. The minimum absolute atomic E-state index is 0.0861. The molecular weight excluding hydrogens is 234 g/mol. The summed E-state index contributed by atoms with van der Waals surface area (Å²) in [5, 5.41) is 0. The van der Waals surface area contributed by atoms with Crippen molar-refractivity contribution in [3.8, 4) is 0 Å². The van der Waals surface area contributed by atoms with E-state index >= 15 is 0 Å². The SMILES string of the molecule is CC(CN1CCCCCC1C)C(=O)c1ccccc1. The molecule has 19 heavy (non-hydrogen) atoms. The third-order valence-corrected chi connectivity index (χ3v) is 4.20. The van der Waals surface area contributed by atoms with Crippen LogP contribution in [0.3, 0.4) is 0 Å². The van der Waals surface area contributed by atoms with E-state index in [2.05, 4.69) is 18.7 Å². The van der Waals surface area contributed by atoms with Crippen molar-refractivity contribution >= 4 is 5.78 Å². The number of likely N-dealkylation sites (tertiary alicyclic amines) is 1. The van der Waals surface area contributed by atoms with Gasteiger partial charge in [0.05, 0.1) is 0 Å². The monoisotopic (exact) mass is 259 g/mol. The number of carbonyl (C=O) groups is 1. The number of carbonyl (C=O) groups excluding carboxylic acids is 1. The summed E-state index contributed by atoms with van der Waals surface area (Å²) in [4.78, 5) is 14.9. The van der Waals surface area contributed by atoms with Gasteiger partial charge in [-0.25, -0.2) is 0 Å². The quantitative estimate of drug-likeness (QED) is 0.767. The molecule has 1 aliphatic heterocycles. The fraction of sp³-hybridized carbons (Fsp3) is 0.588. The van der Waals surface area contributed by atoms with Crippen molar-refractivity contribution in [2.45, 2.75) is 45.6 Å². The van der Waals surface area contributed by atoms with Crippen LogP contribution >= 0.6 is 0 Å². The van der Waals surface area contributed by atoms with Gasteiger partial charge in [0.2, 0.25) is 0 Å². The molecule has 0 aromatic heterocycles. The van der Waals surface area contributed by atoms with E-state index < -0.39 is 0 Å². The van der Waals surface area contributed by atoms with E-state index in [1.807, 2.05) is 30.3 Å². The summed E-state index contributed by atoms with van der Waals surface area (Å²) >= 11 is 0. The summed E-state index contributed by atoms with van der Waals surface area (Å²) in [6, 6.07) is 10.3. The van der Waals surface area contributed by atoms with Gasteiger partial charge in [-0.1, -0.05) is 50.1 Å². The first-order valence-corrected chi connectivity index (χ1v) is 7.52. The number of hydrogen-bond acceptors (Lipinski definition) is 2. The van der Waals surface area contributed by atoms with Gasteiger partial charge in [0, 0.05) is 24.1 Å². The van der Waals surface area contributed by atoms with Crippen LogP contribution in [0.1, 0.15) is 49.9 Å². The highest BCUT2D eigenvalue weighted by molar-refractivity contribution is 5.97. The highest BCUT2D eigenvalue weighted by Gasteiger charge is 2.22. The predicted octanol–water partition coefficient (Wildman–Crippen LogP) is 3.77. The summed E-state index contributed by atoms with van der Waals surface area (Å²) in [5.41, 5.74) is 0.845. The van der Waals surface area contributed by atoms with Crippen molar-refractivity contribution < 1.29 is 4.79 Å². The molecule has 1 aromatic rings. The Morgan fingerprint density at radius 1 is 1.26 bits per heavy atom. The first kappa shape index (κ1) is 14.3. The minimum atomic E-state index is 0.0861. The third-order valence-electron chi connectivity index (χ3n) is 4.20. The summed E-state index contributed by atoms with van der Waals surface area (Å²) in [5.74, 6) is 0.361. The molecule has 0 aliphatic carbocycles. The molecule has 0 bridgehead atoms. The molecule has 2 unspecified atom stereocenters. The standard InChI is InChI=1S/C17H25NO/c1-14(17(19)16-10-6-3-7-11-16)13-18-12-8-4-5-9-15(18)2/h3,6-7,10-11,14-15H,4-5,8-9,12-13H2,1-2H3. The maximum absolute atomic E-state index is 12.4. The van der Waals surface area contributed by atoms with Crippen molar-refractivity contribution in [2.75, 3.05) is 13.1 Å². The van der Waals surface area contributed by atoms with Crippen LogP contribution in [0.4, 0.5) is 0 Å². The maximum atomic E-state index is 12.4. The molecule has 2 rings (SSSR count). The van der Waals surface area contributed by atoms with Crippen LogP contribution in [0.5, 0.6) is 0 Å². The lowest BCUT2D eigenvalue weighted by Crippen LogP contribution is -2.38. The first-order chi connectivity index (χ1) is 9.18. The van der Waals surface area contributed by atoms with E-state index in [9.17, 15) is 4.79 Å². The average Bonchev–Trinajstić information content (AvgIpc) is 2.64. The number of nitrogens with zero attached hydrogens (tertiary/aromatic N) is 1. The van der Waals surface area contributed by atoms with Crippen molar-refractivity contribution in [3.05, 3.63) is 35.9 Å². The molecule has 0 N–H and O–H groups in total. The predicted molar refractivity (Wildman–Crippen MR) is 79.4 cm³/mol. The average molecular weight is 259 g/mol. The van der Waals surface area contributed by atoms with E-state index in [0.717, 1.165) is 18.7 Å². The third kappa shape index (κ3) is 3.90. The second kappa shape index (κ2) is 6.85. The number of Topliss-reactive ketones (excluding diaryl/α,β-unsaturated/α-hetero) is 1. The fourth-order valence-corrected chi connectivity index (χ4v) is 2.93. The van der Waals surface area contributed by atoms with Crippen LogP contribution in [-0.4, -0.2) is 29.8 Å². The van der Waals surface area contributed by atoms with Crippen LogP contribution in [0, 0.1) is 5.92 Å². The zero-order valence-corrected chi connectivity index (χ0v) is 12.1. The highest BCUT2D eigenvalue weighted by atomic mass is 16.1. The summed E-state index contributed by atoms with van der Waals surface area (Å²) in [7, 11) is 0. The van der Waals surface area contributed by atoms with Crippen LogP contribution in [0.2, 0.25) is 0 Å². The van der Waals surface area contributed by atoms with E-state index in [1.165, 1.54) is 25.7 Å². The molecule has 1 heterocycles. The highest BCUT2D eigenvalue weighted by Crippen LogP contribution is 2.19. The summed E-state index contributed by atoms with van der Waals surface area (Å²) in [6.45, 7) is 6.40. The Kier molecular flexibility index (Phi) is 5.15. The van der Waals surface area contributed by atoms with Gasteiger partial charge >= 0.3 is 0 Å². The molecule has 1 saturated heterocycles. The van der Waals surface area contributed by atoms with Gasteiger partial charge in [0.25, 0.3) is 0 Å². The number of rotatable bonds is 4. The van der Waals surface area contributed by atoms with Gasteiger partial charge in [-0.2, -0.15) is 0 Å². The number of hydrogen-bond donors (Lipinski definition) is 0. The Morgan fingerprint density at radius 2 is 2.00 bits per heavy atom.